The zero-order valence-electron chi connectivity index (χ0n) is 9.14. The maximum absolute atomic E-state index is 13.7. The zero-order valence-corrected chi connectivity index (χ0v) is 9.14. The minimum atomic E-state index is -0.379. The second-order valence-electron chi connectivity index (χ2n) is 3.64. The van der Waals surface area contributed by atoms with Gasteiger partial charge in [-0.05, 0) is 18.2 Å². The molecule has 0 amide bonds. The number of ether oxygens (including phenoxy) is 1. The van der Waals surface area contributed by atoms with E-state index < -0.39 is 0 Å². The highest BCUT2D eigenvalue weighted by Crippen LogP contribution is 2.30. The lowest BCUT2D eigenvalue weighted by molar-refractivity contribution is 0.390. The predicted octanol–water partition coefficient (Wildman–Crippen LogP) is 2.50. The van der Waals surface area contributed by atoms with Crippen LogP contribution in [0.15, 0.2) is 36.7 Å². The Morgan fingerprint density at radius 2 is 2.18 bits per heavy atom. The van der Waals surface area contributed by atoms with Crippen molar-refractivity contribution in [1.82, 2.24) is 14.8 Å². The molecule has 0 saturated heterocycles. The van der Waals surface area contributed by atoms with E-state index in [1.165, 1.54) is 13.2 Å². The second-order valence-corrected chi connectivity index (χ2v) is 3.64. The number of methoxy groups -OCH3 is 1. The van der Waals surface area contributed by atoms with Gasteiger partial charge in [0.15, 0.2) is 17.4 Å². The van der Waals surface area contributed by atoms with Crippen LogP contribution in [0.25, 0.3) is 16.7 Å². The van der Waals surface area contributed by atoms with E-state index in [9.17, 15) is 4.39 Å². The fourth-order valence-electron chi connectivity index (χ4n) is 1.95. The highest BCUT2D eigenvalue weighted by Gasteiger charge is 2.13. The molecule has 17 heavy (non-hydrogen) atoms. The first-order chi connectivity index (χ1) is 8.31. The number of rotatable bonds is 2. The lowest BCUT2D eigenvalue weighted by Crippen LogP contribution is -1.96. The van der Waals surface area contributed by atoms with Gasteiger partial charge in [0.05, 0.1) is 12.6 Å². The summed E-state index contributed by atoms with van der Waals surface area (Å²) in [6.07, 6.45) is 3.55. The maximum atomic E-state index is 13.7. The number of nitrogens with zero attached hydrogens (tertiary/aromatic N) is 2. The van der Waals surface area contributed by atoms with E-state index >= 15 is 0 Å². The van der Waals surface area contributed by atoms with Crippen LogP contribution in [-0.4, -0.2) is 21.9 Å². The highest BCUT2D eigenvalue weighted by molar-refractivity contribution is 5.87. The molecule has 0 aliphatic carbocycles. The number of benzene rings is 1. The van der Waals surface area contributed by atoms with Gasteiger partial charge in [-0.1, -0.05) is 0 Å². The third-order valence-corrected chi connectivity index (χ3v) is 2.70. The molecule has 2 aromatic heterocycles. The van der Waals surface area contributed by atoms with Crippen molar-refractivity contribution in [3.63, 3.8) is 0 Å². The van der Waals surface area contributed by atoms with Gasteiger partial charge in [0.1, 0.15) is 0 Å². The van der Waals surface area contributed by atoms with Crippen LogP contribution < -0.4 is 4.74 Å². The van der Waals surface area contributed by atoms with Crippen molar-refractivity contribution in [2.45, 2.75) is 0 Å². The summed E-state index contributed by atoms with van der Waals surface area (Å²) in [6.45, 7) is 0. The fraction of sp³-hybridized carbons (Fsp3) is 0.0833. The normalized spacial score (nSPS) is 10.9. The molecule has 3 aromatic rings. The molecule has 2 heterocycles. The van der Waals surface area contributed by atoms with Gasteiger partial charge in [-0.25, -0.2) is 4.39 Å². The maximum Gasteiger partial charge on any atom is 0.179 e. The molecular formula is C12H10FN3O. The van der Waals surface area contributed by atoms with Crippen LogP contribution in [0.2, 0.25) is 0 Å². The monoisotopic (exact) mass is 231 g/mol. The number of aromatic nitrogens is 3. The smallest absolute Gasteiger partial charge is 0.179 e. The van der Waals surface area contributed by atoms with E-state index in [-0.39, 0.29) is 11.6 Å². The molecule has 3 rings (SSSR count). The first kappa shape index (κ1) is 9.89. The molecule has 0 unspecified atom stereocenters. The van der Waals surface area contributed by atoms with Gasteiger partial charge in [-0.3, -0.25) is 9.67 Å². The Morgan fingerprint density at radius 3 is 2.88 bits per heavy atom. The molecule has 86 valence electrons. The third-order valence-electron chi connectivity index (χ3n) is 2.70. The molecule has 5 heteroatoms. The van der Waals surface area contributed by atoms with Gasteiger partial charge >= 0.3 is 0 Å². The fourth-order valence-corrected chi connectivity index (χ4v) is 1.95. The standard InChI is InChI=1S/C12H10FN3O/c1-17-12-9(13)3-2-8-5-7-16(11(8)12)10-4-6-14-15-10/h2-7H,1H3,(H,14,15). The van der Waals surface area contributed by atoms with E-state index in [0.29, 0.717) is 11.3 Å². The number of halogens is 1. The number of nitrogens with one attached hydrogen (secondary N) is 1. The number of hydrogen-bond acceptors (Lipinski definition) is 2. The molecule has 0 fully saturated rings. The summed E-state index contributed by atoms with van der Waals surface area (Å²) in [5.41, 5.74) is 0.680. The van der Waals surface area contributed by atoms with Crippen LogP contribution in [0, 0.1) is 5.82 Å². The summed E-state index contributed by atoms with van der Waals surface area (Å²) in [6, 6.07) is 6.82. The van der Waals surface area contributed by atoms with Crippen LogP contribution in [0.3, 0.4) is 0 Å². The van der Waals surface area contributed by atoms with Crippen molar-refractivity contribution in [2.75, 3.05) is 7.11 Å². The second kappa shape index (κ2) is 3.62. The summed E-state index contributed by atoms with van der Waals surface area (Å²) in [5.74, 6) is 0.551. The van der Waals surface area contributed by atoms with Gasteiger partial charge in [-0.15, -0.1) is 0 Å². The van der Waals surface area contributed by atoms with Crippen molar-refractivity contribution >= 4 is 10.9 Å². The quantitative estimate of drug-likeness (QED) is 0.736. The Kier molecular flexibility index (Phi) is 2.11. The Hall–Kier alpha value is -2.30. The van der Waals surface area contributed by atoms with Crippen LogP contribution in [0.1, 0.15) is 0 Å². The molecule has 0 bridgehead atoms. The van der Waals surface area contributed by atoms with Crippen molar-refractivity contribution in [2.24, 2.45) is 0 Å². The summed E-state index contributed by atoms with van der Waals surface area (Å²) < 4.78 is 20.6. The topological polar surface area (TPSA) is 42.8 Å². The summed E-state index contributed by atoms with van der Waals surface area (Å²) in [5, 5.41) is 7.71. The molecular weight excluding hydrogens is 221 g/mol. The third kappa shape index (κ3) is 1.39. The van der Waals surface area contributed by atoms with Crippen LogP contribution in [0.5, 0.6) is 5.75 Å². The van der Waals surface area contributed by atoms with Crippen molar-refractivity contribution in [3.8, 4) is 11.6 Å². The Balaban J connectivity index is 2.37. The Labute approximate surface area is 96.6 Å². The van der Waals surface area contributed by atoms with E-state index in [1.807, 2.05) is 18.3 Å². The first-order valence-corrected chi connectivity index (χ1v) is 5.15. The Bertz CT molecular complexity index is 658. The largest absolute Gasteiger partial charge is 0.492 e. The molecule has 0 aliphatic heterocycles. The van der Waals surface area contributed by atoms with E-state index in [2.05, 4.69) is 10.2 Å². The van der Waals surface area contributed by atoms with Gasteiger partial charge in [0.25, 0.3) is 0 Å². The molecule has 0 saturated carbocycles. The van der Waals surface area contributed by atoms with Gasteiger partial charge < -0.3 is 4.74 Å². The van der Waals surface area contributed by atoms with Gasteiger partial charge in [0.2, 0.25) is 0 Å². The van der Waals surface area contributed by atoms with E-state index in [1.54, 1.807) is 16.8 Å². The number of H-pyrrole nitrogens is 1. The average Bonchev–Trinajstić information content (AvgIpc) is 2.96. The van der Waals surface area contributed by atoms with Crippen molar-refractivity contribution in [3.05, 3.63) is 42.5 Å². The molecule has 0 aliphatic rings. The lowest BCUT2D eigenvalue weighted by atomic mass is 10.2. The highest BCUT2D eigenvalue weighted by atomic mass is 19.1. The van der Waals surface area contributed by atoms with Crippen molar-refractivity contribution < 1.29 is 9.13 Å². The SMILES string of the molecule is COc1c(F)ccc2ccn(-c3cc[nH]n3)c12. The van der Waals surface area contributed by atoms with Gasteiger partial charge in [-0.2, -0.15) is 5.10 Å². The summed E-state index contributed by atoms with van der Waals surface area (Å²) in [4.78, 5) is 0. The number of hydrogen-bond donors (Lipinski definition) is 1. The number of aromatic amines is 1. The molecule has 0 spiro atoms. The van der Waals surface area contributed by atoms with Crippen LogP contribution >= 0.6 is 0 Å². The van der Waals surface area contributed by atoms with Crippen molar-refractivity contribution in [1.29, 1.82) is 0 Å². The van der Waals surface area contributed by atoms with E-state index in [4.69, 9.17) is 4.74 Å². The molecule has 4 nitrogen and oxygen atoms in total. The van der Waals surface area contributed by atoms with E-state index in [0.717, 1.165) is 5.39 Å². The molecule has 0 radical (unpaired) electrons. The summed E-state index contributed by atoms with van der Waals surface area (Å²) in [7, 11) is 1.46. The molecule has 1 aromatic carbocycles. The first-order valence-electron chi connectivity index (χ1n) is 5.15. The van der Waals surface area contributed by atoms with Crippen LogP contribution in [0.4, 0.5) is 4.39 Å². The Morgan fingerprint density at radius 1 is 1.29 bits per heavy atom. The lowest BCUT2D eigenvalue weighted by Gasteiger charge is -2.07. The van der Waals surface area contributed by atoms with Crippen LogP contribution in [-0.2, 0) is 0 Å². The zero-order chi connectivity index (χ0) is 11.8. The van der Waals surface area contributed by atoms with Gasteiger partial charge in [0, 0.05) is 23.8 Å². The molecule has 0 atom stereocenters. The number of fused-ring (bicyclic) bond motifs is 1. The predicted molar refractivity (Wildman–Crippen MR) is 61.9 cm³/mol. The summed E-state index contributed by atoms with van der Waals surface area (Å²) >= 11 is 0. The average molecular weight is 231 g/mol. The minimum Gasteiger partial charge on any atom is -0.492 e. The minimum absolute atomic E-state index is 0.232. The molecule has 1 N–H and O–H groups in total.